The Bertz CT molecular complexity index is 3400. The number of nitrogens with one attached hydrogen (secondary N) is 2. The first-order valence-corrected chi connectivity index (χ1v) is 25.1. The summed E-state index contributed by atoms with van der Waals surface area (Å²) in [5.41, 5.74) is 28.8. The highest BCUT2D eigenvalue weighted by Gasteiger charge is 2.30. The Morgan fingerprint density at radius 1 is 0.361 bits per heavy atom. The quantitative estimate of drug-likeness (QED) is 0.147. The first-order chi connectivity index (χ1) is 34.2. The van der Waals surface area contributed by atoms with Crippen LogP contribution in [0.3, 0.4) is 0 Å². The zero-order chi connectivity index (χ0) is 51.8. The molecule has 7 aromatic rings. The van der Waals surface area contributed by atoms with Gasteiger partial charge in [-0.25, -0.2) is 19.6 Å². The van der Waals surface area contributed by atoms with Gasteiger partial charge in [-0.15, -0.1) is 0 Å². The molecule has 5 heterocycles. The van der Waals surface area contributed by atoms with Crippen molar-refractivity contribution >= 4 is 56.3 Å². The number of fused-ring (bicyclic) bond motifs is 8. The molecule has 0 aliphatic carbocycles. The van der Waals surface area contributed by atoms with Gasteiger partial charge in [0, 0.05) is 33.3 Å². The lowest BCUT2D eigenvalue weighted by atomic mass is 9.88. The third kappa shape index (κ3) is 8.50. The first-order valence-electron chi connectivity index (χ1n) is 25.1. The number of aromatic nitrogens is 4. The Morgan fingerprint density at radius 3 is 0.903 bits per heavy atom. The number of allylic oxidation sites excluding steroid dienone is 2. The van der Waals surface area contributed by atoms with Crippen LogP contribution in [0.5, 0.6) is 0 Å². The standard InChI is InChI=1S/C64H66N4O4/c1-17-71-63(69)61-51-29-47-57(53-35(7)19-31(3)20-36(53)8)44(16)46(65-47)28-50-60(56-41(13)25-34(6)26-42(56)14)62(64(70)72-18-2)52(68-50)30-48-58(54-37(9)21-32(4)22-38(54)10)43(15)45(66-48)27-49(67-51)59(61)55-39(11)23-33(5)24-40(55)12/h19-30,67-68H,17-18H2,1-16H3. The molecule has 9 rings (SSSR count). The van der Waals surface area contributed by atoms with Gasteiger partial charge in [0.05, 0.1) is 58.1 Å². The van der Waals surface area contributed by atoms with Gasteiger partial charge in [0.1, 0.15) is 0 Å². The first kappa shape index (κ1) is 49.4. The van der Waals surface area contributed by atoms with E-state index < -0.39 is 11.9 Å². The largest absolute Gasteiger partial charge is 0.462 e. The minimum atomic E-state index is -0.433. The van der Waals surface area contributed by atoms with Gasteiger partial charge in [-0.05, 0) is 213 Å². The molecule has 4 aromatic carbocycles. The summed E-state index contributed by atoms with van der Waals surface area (Å²) in [5.74, 6) is -0.865. The molecule has 8 nitrogen and oxygen atoms in total. The number of ether oxygens (including phenoxy) is 2. The van der Waals surface area contributed by atoms with Gasteiger partial charge >= 0.3 is 11.9 Å². The predicted molar refractivity (Wildman–Crippen MR) is 297 cm³/mol. The summed E-state index contributed by atoms with van der Waals surface area (Å²) in [6.07, 6.45) is 0. The highest BCUT2D eigenvalue weighted by molar-refractivity contribution is 6.14. The predicted octanol–water partition coefficient (Wildman–Crippen LogP) is 15.7. The molecule has 72 heavy (non-hydrogen) atoms. The molecule has 0 atom stereocenters. The molecule has 2 N–H and O–H groups in total. The fourth-order valence-corrected chi connectivity index (χ4v) is 12.0. The number of esters is 2. The van der Waals surface area contributed by atoms with Crippen molar-refractivity contribution in [3.63, 3.8) is 0 Å². The van der Waals surface area contributed by atoms with E-state index in [0.717, 1.165) is 111 Å². The Morgan fingerprint density at radius 2 is 0.625 bits per heavy atom. The van der Waals surface area contributed by atoms with E-state index in [1.807, 2.05) is 26.0 Å². The SMILES string of the molecule is CCOC(=O)c1c(-c2c(C)cc(C)cc2C)c2cc3nc(cc4[nH]c(cc5nc(cc1[nH]2)C(c1c(C)cc(C)cc1C)=C5C)c(-c1c(C)cc(C)cc1C)c4C(=O)OCC)C(c1c(C)cc(C)cc1C)=C3C. The molecular weight excluding hydrogens is 889 g/mol. The van der Waals surface area contributed by atoms with Crippen molar-refractivity contribution in [3.05, 3.63) is 185 Å². The maximum absolute atomic E-state index is 14.8. The molecule has 3 aromatic heterocycles. The molecule has 2 aliphatic rings. The molecule has 0 saturated heterocycles. The zero-order valence-corrected chi connectivity index (χ0v) is 44.9. The molecular formula is C64H66N4O4. The van der Waals surface area contributed by atoms with Gasteiger partial charge < -0.3 is 19.4 Å². The monoisotopic (exact) mass is 955 g/mol. The minimum absolute atomic E-state index is 0.197. The van der Waals surface area contributed by atoms with Crippen molar-refractivity contribution in [2.24, 2.45) is 0 Å². The fourth-order valence-electron chi connectivity index (χ4n) is 12.0. The number of benzene rings is 4. The molecule has 0 spiro atoms. The number of nitrogens with zero attached hydrogens (tertiary/aromatic N) is 2. The van der Waals surface area contributed by atoms with Gasteiger partial charge in [0.2, 0.25) is 0 Å². The van der Waals surface area contributed by atoms with Crippen molar-refractivity contribution in [3.8, 4) is 22.3 Å². The van der Waals surface area contributed by atoms with E-state index in [1.165, 1.54) is 11.1 Å². The van der Waals surface area contributed by atoms with Crippen LogP contribution >= 0.6 is 0 Å². The second-order valence-electron chi connectivity index (χ2n) is 20.3. The summed E-state index contributed by atoms with van der Waals surface area (Å²) in [7, 11) is 0. The molecule has 0 saturated carbocycles. The van der Waals surface area contributed by atoms with Crippen LogP contribution in [-0.2, 0) is 9.47 Å². The Labute approximate surface area is 424 Å². The van der Waals surface area contributed by atoms with Crippen LogP contribution in [0.15, 0.2) is 72.8 Å². The van der Waals surface area contributed by atoms with E-state index in [0.29, 0.717) is 56.0 Å². The average Bonchev–Trinajstić information content (AvgIpc) is 3.98. The third-order valence-electron chi connectivity index (χ3n) is 14.4. The van der Waals surface area contributed by atoms with Gasteiger partial charge in [0.15, 0.2) is 0 Å². The summed E-state index contributed by atoms with van der Waals surface area (Å²) >= 11 is 0. The highest BCUT2D eigenvalue weighted by Crippen LogP contribution is 2.45. The Kier molecular flexibility index (Phi) is 13.0. The Balaban J connectivity index is 1.58. The molecule has 0 fully saturated rings. The van der Waals surface area contributed by atoms with Crippen molar-refractivity contribution in [1.29, 1.82) is 0 Å². The maximum Gasteiger partial charge on any atom is 0.340 e. The molecule has 0 unspecified atom stereocenters. The summed E-state index contributed by atoms with van der Waals surface area (Å²) in [6, 6.07) is 25.7. The summed E-state index contributed by atoms with van der Waals surface area (Å²) in [4.78, 5) is 48.3. The normalized spacial score (nSPS) is 12.6. The molecule has 2 aliphatic heterocycles. The Hall–Kier alpha value is -7.58. The number of H-pyrrole nitrogens is 2. The van der Waals surface area contributed by atoms with Crippen molar-refractivity contribution < 1.29 is 19.1 Å². The molecule has 0 amide bonds. The van der Waals surface area contributed by atoms with Crippen LogP contribution in [0.2, 0.25) is 0 Å². The van der Waals surface area contributed by atoms with Crippen molar-refractivity contribution in [2.75, 3.05) is 13.2 Å². The van der Waals surface area contributed by atoms with Crippen LogP contribution in [0, 0.1) is 83.1 Å². The highest BCUT2D eigenvalue weighted by atomic mass is 16.5. The van der Waals surface area contributed by atoms with Crippen molar-refractivity contribution in [2.45, 2.75) is 111 Å². The van der Waals surface area contributed by atoms with Crippen LogP contribution < -0.4 is 0 Å². The van der Waals surface area contributed by atoms with Gasteiger partial charge in [-0.2, -0.15) is 0 Å². The summed E-state index contributed by atoms with van der Waals surface area (Å²) in [5, 5.41) is 0. The zero-order valence-electron chi connectivity index (χ0n) is 44.9. The van der Waals surface area contributed by atoms with Crippen LogP contribution in [0.25, 0.3) is 66.6 Å². The second-order valence-corrected chi connectivity index (χ2v) is 20.3. The number of aromatic amines is 2. The number of hydrogen-bond acceptors (Lipinski definition) is 6. The average molecular weight is 955 g/mol. The lowest BCUT2D eigenvalue weighted by molar-refractivity contribution is 0.0520. The van der Waals surface area contributed by atoms with Crippen LogP contribution in [0.4, 0.5) is 0 Å². The smallest absolute Gasteiger partial charge is 0.340 e. The number of carbonyl (C=O) groups is 2. The van der Waals surface area contributed by atoms with Crippen molar-refractivity contribution in [1.82, 2.24) is 19.9 Å². The lowest BCUT2D eigenvalue weighted by Crippen LogP contribution is -2.06. The second kappa shape index (κ2) is 18.9. The van der Waals surface area contributed by atoms with Gasteiger partial charge in [0.25, 0.3) is 0 Å². The number of rotatable bonds is 8. The fraction of sp³-hybridized carbons (Fsp3) is 0.281. The third-order valence-corrected chi connectivity index (χ3v) is 14.4. The number of hydrogen-bond donors (Lipinski definition) is 2. The maximum atomic E-state index is 14.8. The van der Waals surface area contributed by atoms with Crippen LogP contribution in [-0.4, -0.2) is 45.1 Å². The van der Waals surface area contributed by atoms with E-state index in [2.05, 4.69) is 168 Å². The summed E-state index contributed by atoms with van der Waals surface area (Å²) < 4.78 is 12.0. The van der Waals surface area contributed by atoms with Gasteiger partial charge in [-0.1, -0.05) is 70.8 Å². The van der Waals surface area contributed by atoms with E-state index >= 15 is 0 Å². The topological polar surface area (TPSA) is 110 Å². The van der Waals surface area contributed by atoms with E-state index in [-0.39, 0.29) is 13.2 Å². The van der Waals surface area contributed by atoms with E-state index in [9.17, 15) is 9.59 Å². The van der Waals surface area contributed by atoms with Gasteiger partial charge in [-0.3, -0.25) is 0 Å². The van der Waals surface area contributed by atoms with Crippen LogP contribution in [0.1, 0.15) is 149 Å². The molecule has 8 heteroatoms. The molecule has 366 valence electrons. The number of aryl methyl sites for hydroxylation is 12. The minimum Gasteiger partial charge on any atom is -0.462 e. The molecule has 0 radical (unpaired) electrons. The lowest BCUT2D eigenvalue weighted by Gasteiger charge is -2.15. The molecule has 8 bridgehead atoms. The van der Waals surface area contributed by atoms with E-state index in [4.69, 9.17) is 19.4 Å². The number of carbonyl (C=O) groups excluding carboxylic acids is 2. The van der Waals surface area contributed by atoms with E-state index in [1.54, 1.807) is 0 Å². The summed E-state index contributed by atoms with van der Waals surface area (Å²) in [6.45, 7) is 33.7.